The number of thiophene rings is 2. The third-order valence-electron chi connectivity index (χ3n) is 17.1. The summed E-state index contributed by atoms with van der Waals surface area (Å²) in [5.41, 5.74) is 4.10. The van der Waals surface area contributed by atoms with E-state index in [4.69, 9.17) is 4.74 Å². The van der Waals surface area contributed by atoms with Gasteiger partial charge in [0.1, 0.15) is 5.76 Å². The largest absolute Gasteiger partial charge is 0.492 e. The number of aryl methyl sites for hydroxylation is 2. The lowest BCUT2D eigenvalue weighted by Crippen LogP contribution is -2.46. The predicted octanol–water partition coefficient (Wildman–Crippen LogP) is 21.2. The Hall–Kier alpha value is -4.08. The number of amides is 4. The van der Waals surface area contributed by atoms with Crippen LogP contribution < -0.4 is 0 Å². The molecule has 2 aliphatic rings. The van der Waals surface area contributed by atoms with Crippen molar-refractivity contribution in [2.24, 2.45) is 11.8 Å². The highest BCUT2D eigenvalue weighted by atomic mass is 32.1. The van der Waals surface area contributed by atoms with Crippen LogP contribution in [0.3, 0.4) is 0 Å². The third kappa shape index (κ3) is 17.2. The van der Waals surface area contributed by atoms with E-state index in [1.54, 1.807) is 32.5 Å². The SMILES string of the molecule is CCCCCCCCCCC(CCCCCCCC)CN1C(=O)c2cc(-c3ccc(/C(C)=C(\OCC)c4ccc(C)s4)s3)c3c4c(cc(C)c(c24)C1=O)C(=O)N(CC(CCCCCCCC)CCCCCCCCCC)C3=O. The number of rotatable bonds is 41. The minimum absolute atomic E-state index is 0.189. The van der Waals surface area contributed by atoms with Gasteiger partial charge in [-0.3, -0.25) is 29.0 Å². The van der Waals surface area contributed by atoms with E-state index < -0.39 is 0 Å². The highest BCUT2D eigenvalue weighted by Crippen LogP contribution is 2.47. The Morgan fingerprint density at radius 3 is 1.27 bits per heavy atom. The van der Waals surface area contributed by atoms with Crippen LogP contribution in [0.25, 0.3) is 32.5 Å². The smallest absolute Gasteiger partial charge is 0.262 e. The van der Waals surface area contributed by atoms with Gasteiger partial charge in [0.25, 0.3) is 23.6 Å². The second kappa shape index (κ2) is 33.6. The van der Waals surface area contributed by atoms with Gasteiger partial charge in [-0.15, -0.1) is 22.7 Å². The first-order valence-corrected chi connectivity index (χ1v) is 33.5. The molecule has 4 heterocycles. The molecule has 2 aromatic carbocycles. The summed E-state index contributed by atoms with van der Waals surface area (Å²) in [5.74, 6) is 0.00311. The molecule has 2 aromatic heterocycles. The molecule has 2 unspecified atom stereocenters. The molecule has 430 valence electrons. The number of nitrogens with zero attached hydrogens (tertiary/aromatic N) is 2. The average molecular weight is 1100 g/mol. The molecule has 9 heteroatoms. The number of hydrogen-bond acceptors (Lipinski definition) is 7. The summed E-state index contributed by atoms with van der Waals surface area (Å²) < 4.78 is 6.35. The molecule has 0 saturated carbocycles. The lowest BCUT2D eigenvalue weighted by Gasteiger charge is -2.36. The molecule has 4 amide bonds. The fourth-order valence-electron chi connectivity index (χ4n) is 12.5. The van der Waals surface area contributed by atoms with E-state index in [1.807, 2.05) is 26.0 Å². The molecule has 0 aliphatic carbocycles. The van der Waals surface area contributed by atoms with Crippen molar-refractivity contribution < 1.29 is 23.9 Å². The second-order valence-corrected chi connectivity index (χ2v) is 25.9. The van der Waals surface area contributed by atoms with Gasteiger partial charge in [0.05, 0.1) is 22.6 Å². The zero-order valence-corrected chi connectivity index (χ0v) is 51.8. The van der Waals surface area contributed by atoms with Crippen LogP contribution in [-0.4, -0.2) is 53.1 Å². The van der Waals surface area contributed by atoms with Crippen molar-refractivity contribution in [3.8, 4) is 10.4 Å². The van der Waals surface area contributed by atoms with Crippen LogP contribution in [0.5, 0.6) is 0 Å². The maximum absolute atomic E-state index is 15.7. The molecule has 2 atom stereocenters. The number of carbonyl (C=O) groups excluding carboxylic acids is 4. The van der Waals surface area contributed by atoms with Crippen LogP contribution in [0.15, 0.2) is 36.4 Å². The minimum atomic E-state index is -0.314. The van der Waals surface area contributed by atoms with Crippen molar-refractivity contribution in [3.63, 3.8) is 0 Å². The van der Waals surface area contributed by atoms with E-state index in [1.165, 1.54) is 153 Å². The molecule has 0 bridgehead atoms. The Balaban J connectivity index is 1.39. The maximum Gasteiger partial charge on any atom is 0.262 e. The van der Waals surface area contributed by atoms with Crippen molar-refractivity contribution in [1.29, 1.82) is 0 Å². The summed E-state index contributed by atoms with van der Waals surface area (Å²) in [5, 5.41) is 0.953. The Bertz CT molecular complexity index is 2570. The molecule has 0 radical (unpaired) electrons. The molecule has 2 aliphatic heterocycles. The quantitative estimate of drug-likeness (QED) is 0.0251. The third-order valence-corrected chi connectivity index (χ3v) is 19.3. The Labute approximate surface area is 481 Å². The first kappa shape index (κ1) is 63.1. The van der Waals surface area contributed by atoms with Crippen LogP contribution in [0.1, 0.15) is 309 Å². The van der Waals surface area contributed by atoms with Crippen molar-refractivity contribution in [2.45, 2.75) is 261 Å². The molecule has 6 rings (SSSR count). The standard InChI is InChI=1S/C69H102N2O5S2/c1-9-14-18-22-26-28-32-36-40-53(38-34-30-24-20-16-11-3)48-70-67(73)57-47-55(59-45-44-58(78-59)52(8)65(76-13-5)60-43-42-51(7)77-60)64-63-56(46-50(6)61(62(57)63)68(70)74)66(72)71(69(64)75)49-54(39-35-31-25-21-17-12-4)41-37-33-29-27-23-19-15-10-2/h42-47,53-54H,9-41,48-49H2,1-8H3/b65-52-. The van der Waals surface area contributed by atoms with Gasteiger partial charge >= 0.3 is 0 Å². The van der Waals surface area contributed by atoms with Crippen molar-refractivity contribution >= 4 is 68.4 Å². The first-order chi connectivity index (χ1) is 38.0. The maximum atomic E-state index is 15.7. The van der Waals surface area contributed by atoms with Gasteiger partial charge in [-0.25, -0.2) is 0 Å². The van der Waals surface area contributed by atoms with Gasteiger partial charge in [-0.05, 0) is 107 Å². The van der Waals surface area contributed by atoms with Crippen LogP contribution >= 0.6 is 22.7 Å². The topological polar surface area (TPSA) is 84.0 Å². The van der Waals surface area contributed by atoms with E-state index in [-0.39, 0.29) is 35.5 Å². The van der Waals surface area contributed by atoms with Crippen molar-refractivity contribution in [1.82, 2.24) is 9.80 Å². The number of unbranched alkanes of at least 4 members (excludes halogenated alkanes) is 24. The van der Waals surface area contributed by atoms with Crippen molar-refractivity contribution in [2.75, 3.05) is 19.7 Å². The van der Waals surface area contributed by atoms with Crippen molar-refractivity contribution in [3.05, 3.63) is 78.8 Å². The summed E-state index contributed by atoms with van der Waals surface area (Å²) in [4.78, 5) is 68.8. The van der Waals surface area contributed by atoms with Crippen LogP contribution in [0.4, 0.5) is 0 Å². The summed E-state index contributed by atoms with van der Waals surface area (Å²) >= 11 is 3.30. The Kier molecular flexibility index (Phi) is 27.2. The Morgan fingerprint density at radius 2 is 0.846 bits per heavy atom. The molecule has 0 spiro atoms. The number of allylic oxidation sites excluding steroid dienone is 1. The van der Waals surface area contributed by atoms with E-state index in [0.717, 1.165) is 83.8 Å². The Morgan fingerprint density at radius 1 is 0.449 bits per heavy atom. The van der Waals surface area contributed by atoms with Gasteiger partial charge in [-0.2, -0.15) is 0 Å². The molecular weight excluding hydrogens is 1000 g/mol. The number of hydrogen-bond donors (Lipinski definition) is 0. The van der Waals surface area contributed by atoms with E-state index in [2.05, 4.69) is 65.8 Å². The molecule has 4 aromatic rings. The number of imide groups is 2. The summed E-state index contributed by atoms with van der Waals surface area (Å²) in [6.07, 6.45) is 38.1. The van der Waals surface area contributed by atoms with Gasteiger partial charge < -0.3 is 4.74 Å². The van der Waals surface area contributed by atoms with Crippen LogP contribution in [0, 0.1) is 25.7 Å². The number of carbonyl (C=O) groups is 4. The molecule has 0 saturated heterocycles. The van der Waals surface area contributed by atoms with Gasteiger partial charge in [0.2, 0.25) is 0 Å². The monoisotopic (exact) mass is 1100 g/mol. The molecular formula is C69H102N2O5S2. The normalized spacial score (nSPS) is 14.6. The number of ether oxygens (including phenoxy) is 1. The fraction of sp³-hybridized carbons (Fsp3) is 0.652. The van der Waals surface area contributed by atoms with Crippen LogP contribution in [-0.2, 0) is 4.74 Å². The summed E-state index contributed by atoms with van der Waals surface area (Å²) in [6, 6.07) is 12.2. The zero-order valence-electron chi connectivity index (χ0n) is 50.1. The van der Waals surface area contributed by atoms with E-state index in [0.29, 0.717) is 63.8 Å². The predicted molar refractivity (Wildman–Crippen MR) is 333 cm³/mol. The van der Waals surface area contributed by atoms with Gasteiger partial charge in [0, 0.05) is 60.8 Å². The van der Waals surface area contributed by atoms with Gasteiger partial charge in [-0.1, -0.05) is 207 Å². The van der Waals surface area contributed by atoms with Gasteiger partial charge in [0.15, 0.2) is 0 Å². The summed E-state index contributed by atoms with van der Waals surface area (Å²) in [6.45, 7) is 18.4. The zero-order chi connectivity index (χ0) is 55.8. The molecule has 78 heavy (non-hydrogen) atoms. The number of benzene rings is 2. The molecule has 0 N–H and O–H groups in total. The minimum Gasteiger partial charge on any atom is -0.492 e. The fourth-order valence-corrected chi connectivity index (χ4v) is 14.4. The lowest BCUT2D eigenvalue weighted by molar-refractivity contribution is 0.0556. The highest BCUT2D eigenvalue weighted by Gasteiger charge is 2.43. The van der Waals surface area contributed by atoms with E-state index in [9.17, 15) is 0 Å². The lowest BCUT2D eigenvalue weighted by atomic mass is 9.80. The molecule has 0 fully saturated rings. The first-order valence-electron chi connectivity index (χ1n) is 31.9. The van der Waals surface area contributed by atoms with Crippen LogP contribution in [0.2, 0.25) is 0 Å². The average Bonchev–Trinajstić information content (AvgIpc) is 4.01. The second-order valence-electron chi connectivity index (χ2n) is 23.5. The molecule has 7 nitrogen and oxygen atoms in total. The van der Waals surface area contributed by atoms with E-state index >= 15 is 19.2 Å². The summed E-state index contributed by atoms with van der Waals surface area (Å²) in [7, 11) is 0. The highest BCUT2D eigenvalue weighted by molar-refractivity contribution is 7.17.